The Bertz CT molecular complexity index is 236. The number of hydroxylamine groups is 1. The van der Waals surface area contributed by atoms with Gasteiger partial charge in [-0.1, -0.05) is 0 Å². The number of hydrogen-bond donors (Lipinski definition) is 3. The van der Waals surface area contributed by atoms with Gasteiger partial charge in [0.15, 0.2) is 5.22 Å². The molecule has 1 aliphatic rings. The van der Waals surface area contributed by atoms with Crippen molar-refractivity contribution in [2.75, 3.05) is 0 Å². The third-order valence-corrected chi connectivity index (χ3v) is 0.910. The predicted octanol–water partition coefficient (Wildman–Crippen LogP) is -3.69. The van der Waals surface area contributed by atoms with E-state index in [0.717, 1.165) is 0 Å². The van der Waals surface area contributed by atoms with Crippen molar-refractivity contribution in [3.05, 3.63) is 5.21 Å². The molecule has 1 atom stereocenters. The number of nitrogens with two attached hydrogens (primary N) is 1. The van der Waals surface area contributed by atoms with Crippen LogP contribution in [0.2, 0.25) is 0 Å². The summed E-state index contributed by atoms with van der Waals surface area (Å²) in [5.41, 5.74) is 4.84. The Labute approximate surface area is 65.3 Å². The molecule has 6 N–H and O–H groups in total. The highest BCUT2D eigenvalue weighted by Crippen LogP contribution is 2.10. The molecule has 0 aromatic heterocycles. The first-order valence-corrected chi connectivity index (χ1v) is 2.49. The number of carbonyl (C=O) groups excluding carboxylic acids is 1. The molecule has 10 nitrogen and oxygen atoms in total. The fourth-order valence-electron chi connectivity index (χ4n) is 0.350. The van der Waals surface area contributed by atoms with Gasteiger partial charge >= 0.3 is 5.79 Å². The smallest absolute Gasteiger partial charge is 0.359 e. The molecule has 0 amide bonds. The SMILES string of the molecule is NC1(C(=O)[O-])N=NN=[N+]1[O-].[NH3+]O. The summed E-state index contributed by atoms with van der Waals surface area (Å²) >= 11 is 0. The van der Waals surface area contributed by atoms with Crippen molar-refractivity contribution >= 4 is 5.97 Å². The molecule has 10 heteroatoms. The monoisotopic (exact) mass is 178 g/mol. The van der Waals surface area contributed by atoms with E-state index >= 15 is 0 Å². The van der Waals surface area contributed by atoms with Crippen LogP contribution in [0.1, 0.15) is 0 Å². The van der Waals surface area contributed by atoms with Crippen LogP contribution >= 0.6 is 0 Å². The molecule has 1 aliphatic heterocycles. The lowest BCUT2D eigenvalue weighted by atomic mass is 10.4. The molecular weight excluding hydrogens is 172 g/mol. The molecule has 0 aromatic carbocycles. The van der Waals surface area contributed by atoms with Gasteiger partial charge in [-0.05, 0) is 0 Å². The van der Waals surface area contributed by atoms with E-state index in [1.54, 1.807) is 0 Å². The molecule has 1 unspecified atom stereocenters. The molecular formula is C2H6N6O4. The van der Waals surface area contributed by atoms with Gasteiger partial charge < -0.3 is 15.1 Å². The van der Waals surface area contributed by atoms with Crippen molar-refractivity contribution in [3.8, 4) is 0 Å². The third-order valence-electron chi connectivity index (χ3n) is 0.910. The summed E-state index contributed by atoms with van der Waals surface area (Å²) in [6.45, 7) is 0. The minimum Gasteiger partial charge on any atom is -0.692 e. The van der Waals surface area contributed by atoms with Gasteiger partial charge in [-0.2, -0.15) is 0 Å². The van der Waals surface area contributed by atoms with Crippen molar-refractivity contribution in [1.29, 1.82) is 0 Å². The van der Waals surface area contributed by atoms with Crippen LogP contribution in [0.5, 0.6) is 0 Å². The maximum absolute atomic E-state index is 10.4. The van der Waals surface area contributed by atoms with Gasteiger partial charge in [0.1, 0.15) is 5.97 Å². The molecule has 0 spiro atoms. The molecule has 0 radical (unpaired) electrons. The standard InChI is InChI=1S/C2H3N5O3.H4NO/c3-2(1(8)9)4-5-6-7(2)10;1-2/h3H2,(H,8,9);2H,1H3/q;+1/p-1. The van der Waals surface area contributed by atoms with Gasteiger partial charge in [-0.3, -0.25) is 5.73 Å². The van der Waals surface area contributed by atoms with Crippen LogP contribution in [0.25, 0.3) is 0 Å². The second-order valence-electron chi connectivity index (χ2n) is 1.57. The fourth-order valence-corrected chi connectivity index (χ4v) is 0.350. The zero-order valence-electron chi connectivity index (χ0n) is 5.75. The van der Waals surface area contributed by atoms with Gasteiger partial charge in [0.05, 0.1) is 0 Å². The highest BCUT2D eigenvalue weighted by molar-refractivity contribution is 5.73. The van der Waals surface area contributed by atoms with E-state index in [2.05, 4.69) is 21.5 Å². The van der Waals surface area contributed by atoms with Crippen molar-refractivity contribution in [2.45, 2.75) is 5.79 Å². The summed E-state index contributed by atoms with van der Waals surface area (Å²) in [7, 11) is 0. The number of nitrogens with zero attached hydrogens (tertiary/aromatic N) is 4. The molecule has 1 heterocycles. The average Bonchev–Trinajstić information content (AvgIpc) is 2.38. The van der Waals surface area contributed by atoms with Gasteiger partial charge in [0, 0.05) is 5.11 Å². The first-order chi connectivity index (χ1) is 5.57. The molecule has 68 valence electrons. The Morgan fingerprint density at radius 1 is 1.67 bits per heavy atom. The molecule has 1 rings (SSSR count). The van der Waals surface area contributed by atoms with E-state index in [9.17, 15) is 15.1 Å². The number of quaternary nitrogens is 1. The molecule has 0 aliphatic carbocycles. The Morgan fingerprint density at radius 3 is 2.33 bits per heavy atom. The van der Waals surface area contributed by atoms with Crippen LogP contribution in [0.15, 0.2) is 15.6 Å². The van der Waals surface area contributed by atoms with Gasteiger partial charge in [-0.25, -0.2) is 11.1 Å². The van der Waals surface area contributed by atoms with Crippen molar-refractivity contribution in [3.63, 3.8) is 0 Å². The summed E-state index contributed by atoms with van der Waals surface area (Å²) in [4.78, 5) is 9.70. The molecule has 0 bridgehead atoms. The van der Waals surface area contributed by atoms with Gasteiger partial charge in [-0.15, -0.1) is 4.86 Å². The van der Waals surface area contributed by atoms with Crippen LogP contribution in [0.3, 0.4) is 0 Å². The molecule has 0 saturated heterocycles. The van der Waals surface area contributed by atoms with Crippen LogP contribution in [-0.2, 0) is 4.79 Å². The van der Waals surface area contributed by atoms with E-state index in [1.165, 1.54) is 0 Å². The second kappa shape index (κ2) is 3.66. The van der Waals surface area contributed by atoms with Crippen LogP contribution in [-0.4, -0.2) is 21.8 Å². The molecule has 0 aromatic rings. The number of hydrogen-bond acceptors (Lipinski definition) is 8. The maximum atomic E-state index is 10.4. The lowest BCUT2D eigenvalue weighted by Crippen LogP contribution is -2.58. The first-order valence-electron chi connectivity index (χ1n) is 2.49. The topological polar surface area (TPSA) is 177 Å². The zero-order valence-corrected chi connectivity index (χ0v) is 5.75. The van der Waals surface area contributed by atoms with E-state index in [4.69, 9.17) is 10.9 Å². The minimum absolute atomic E-state index is 0.345. The molecule has 0 saturated carbocycles. The van der Waals surface area contributed by atoms with E-state index in [0.29, 0.717) is 0 Å². The summed E-state index contributed by atoms with van der Waals surface area (Å²) in [6.07, 6.45) is 0. The van der Waals surface area contributed by atoms with E-state index in [-0.39, 0.29) is 4.86 Å². The first kappa shape index (κ1) is 10.3. The average molecular weight is 178 g/mol. The van der Waals surface area contributed by atoms with E-state index in [1.807, 2.05) is 0 Å². The number of rotatable bonds is 1. The maximum Gasteiger partial charge on any atom is 0.359 e. The number of aliphatic carboxylic acids is 1. The zero-order chi connectivity index (χ0) is 9.78. The van der Waals surface area contributed by atoms with Crippen LogP contribution in [0.4, 0.5) is 0 Å². The normalized spacial score (nSPS) is 25.8. The van der Waals surface area contributed by atoms with Crippen molar-refractivity contribution in [2.24, 2.45) is 21.3 Å². The minimum atomic E-state index is -2.47. The fraction of sp³-hybridized carbons (Fsp3) is 0.500. The summed E-state index contributed by atoms with van der Waals surface area (Å²) in [6, 6.07) is 0. The number of carboxylic acids is 1. The Hall–Kier alpha value is -1.65. The Kier molecular flexibility index (Phi) is 3.15. The van der Waals surface area contributed by atoms with Crippen LogP contribution < -0.4 is 16.7 Å². The number of carbonyl (C=O) groups is 1. The predicted molar refractivity (Wildman–Crippen MR) is 27.5 cm³/mol. The van der Waals surface area contributed by atoms with Crippen molar-refractivity contribution < 1.29 is 25.9 Å². The van der Waals surface area contributed by atoms with Gasteiger partial charge in [0.25, 0.3) is 0 Å². The quantitative estimate of drug-likeness (QED) is 0.212. The molecule has 0 fully saturated rings. The lowest BCUT2D eigenvalue weighted by Gasteiger charge is -2.18. The highest BCUT2D eigenvalue weighted by Gasteiger charge is 2.39. The summed E-state index contributed by atoms with van der Waals surface area (Å²) in [5.74, 6) is -2.06. The Balaban J connectivity index is 0.000000561. The second-order valence-corrected chi connectivity index (χ2v) is 1.57. The van der Waals surface area contributed by atoms with Crippen LogP contribution in [0, 0.1) is 5.21 Å². The largest absolute Gasteiger partial charge is 0.692 e. The Morgan fingerprint density at radius 2 is 2.17 bits per heavy atom. The third kappa shape index (κ3) is 1.50. The molecule has 12 heavy (non-hydrogen) atoms. The summed E-state index contributed by atoms with van der Waals surface area (Å²) in [5, 5.41) is 35.4. The van der Waals surface area contributed by atoms with Gasteiger partial charge in [0.2, 0.25) is 5.22 Å². The summed E-state index contributed by atoms with van der Waals surface area (Å²) < 4.78 is 0. The number of carboxylic acid groups (broad SMARTS) is 1. The lowest BCUT2D eigenvalue weighted by molar-refractivity contribution is -0.670. The van der Waals surface area contributed by atoms with E-state index < -0.39 is 11.8 Å². The van der Waals surface area contributed by atoms with Crippen molar-refractivity contribution in [1.82, 2.24) is 0 Å². The highest BCUT2D eigenvalue weighted by atomic mass is 16.5.